The summed E-state index contributed by atoms with van der Waals surface area (Å²) in [6.45, 7) is 0. The lowest BCUT2D eigenvalue weighted by Crippen LogP contribution is -2.10. The Bertz CT molecular complexity index is 1130. The van der Waals surface area contributed by atoms with Crippen LogP contribution in [-0.4, -0.2) is 15.1 Å². The largest absolute Gasteiger partial charge is 0.505 e. The van der Waals surface area contributed by atoms with Crippen molar-refractivity contribution in [2.24, 2.45) is 0 Å². The first-order chi connectivity index (χ1) is 13.5. The average Bonchev–Trinajstić information content (AvgIpc) is 2.69. The van der Waals surface area contributed by atoms with Gasteiger partial charge in [-0.2, -0.15) is 0 Å². The molecule has 0 bridgehead atoms. The van der Waals surface area contributed by atoms with E-state index in [0.29, 0.717) is 16.8 Å². The zero-order valence-electron chi connectivity index (χ0n) is 14.6. The zero-order chi connectivity index (χ0) is 19.7. The molecule has 6 heteroatoms. The van der Waals surface area contributed by atoms with Gasteiger partial charge in [0.1, 0.15) is 22.9 Å². The van der Waals surface area contributed by atoms with Crippen LogP contribution in [0.25, 0.3) is 10.9 Å². The molecule has 4 aromatic rings. The number of pyridine rings is 2. The Morgan fingerprint density at radius 2 is 1.82 bits per heavy atom. The Balaban J connectivity index is 1.90. The van der Waals surface area contributed by atoms with E-state index in [2.05, 4.69) is 9.97 Å². The smallest absolute Gasteiger partial charge is 0.145 e. The van der Waals surface area contributed by atoms with E-state index in [-0.39, 0.29) is 22.8 Å². The molecule has 2 heterocycles. The lowest BCUT2D eigenvalue weighted by molar-refractivity contribution is 0.468. The SMILES string of the molecule is Oc1c(C(Cc2ccc(F)cn2)c2c(F)cccc2Cl)ccc2cccnc12. The van der Waals surface area contributed by atoms with Crippen molar-refractivity contribution in [1.82, 2.24) is 9.97 Å². The number of phenolic OH excluding ortho intramolecular Hbond substituents is 1. The molecule has 1 unspecified atom stereocenters. The van der Waals surface area contributed by atoms with Crippen molar-refractivity contribution < 1.29 is 13.9 Å². The van der Waals surface area contributed by atoms with Gasteiger partial charge < -0.3 is 5.11 Å². The van der Waals surface area contributed by atoms with Gasteiger partial charge in [0.15, 0.2) is 0 Å². The maximum absolute atomic E-state index is 14.7. The second-order valence-corrected chi connectivity index (χ2v) is 6.85. The van der Waals surface area contributed by atoms with Crippen LogP contribution in [-0.2, 0) is 6.42 Å². The normalized spacial score (nSPS) is 12.2. The van der Waals surface area contributed by atoms with Crippen molar-refractivity contribution in [2.45, 2.75) is 12.3 Å². The lowest BCUT2D eigenvalue weighted by atomic mass is 9.85. The van der Waals surface area contributed by atoms with Crippen LogP contribution in [0.5, 0.6) is 5.75 Å². The monoisotopic (exact) mass is 396 g/mol. The predicted molar refractivity (Wildman–Crippen MR) is 105 cm³/mol. The second-order valence-electron chi connectivity index (χ2n) is 6.44. The van der Waals surface area contributed by atoms with Crippen molar-refractivity contribution in [3.63, 3.8) is 0 Å². The summed E-state index contributed by atoms with van der Waals surface area (Å²) in [5.74, 6) is -1.61. The molecule has 1 N–H and O–H groups in total. The van der Waals surface area contributed by atoms with Crippen LogP contribution in [0.3, 0.4) is 0 Å². The third-order valence-corrected chi connectivity index (χ3v) is 5.03. The number of fused-ring (bicyclic) bond motifs is 1. The summed E-state index contributed by atoms with van der Waals surface area (Å²) in [6.07, 6.45) is 2.92. The van der Waals surface area contributed by atoms with E-state index in [1.807, 2.05) is 12.1 Å². The molecule has 140 valence electrons. The standard InChI is InChI=1S/C22H15ClF2N2O/c23-18-4-1-5-19(25)20(18)17(11-15-8-7-14(24)12-27-15)16-9-6-13-3-2-10-26-21(13)22(16)28/h1-10,12,17,28H,11H2. The van der Waals surface area contributed by atoms with E-state index in [9.17, 15) is 13.9 Å². The Morgan fingerprint density at radius 3 is 2.57 bits per heavy atom. The van der Waals surface area contributed by atoms with Crippen LogP contribution in [0.15, 0.2) is 67.0 Å². The molecule has 0 spiro atoms. The molecule has 0 fully saturated rings. The molecule has 0 saturated carbocycles. The Kier molecular flexibility index (Phi) is 4.92. The highest BCUT2D eigenvalue weighted by atomic mass is 35.5. The number of hydrogen-bond acceptors (Lipinski definition) is 3. The first-order valence-corrected chi connectivity index (χ1v) is 9.03. The Morgan fingerprint density at radius 1 is 0.964 bits per heavy atom. The summed E-state index contributed by atoms with van der Waals surface area (Å²) in [6, 6.07) is 14.4. The van der Waals surface area contributed by atoms with E-state index in [1.54, 1.807) is 24.4 Å². The number of hydrogen-bond donors (Lipinski definition) is 1. The van der Waals surface area contributed by atoms with E-state index in [4.69, 9.17) is 11.6 Å². The number of aromatic nitrogens is 2. The number of nitrogens with zero attached hydrogens (tertiary/aromatic N) is 2. The highest BCUT2D eigenvalue weighted by molar-refractivity contribution is 6.31. The number of rotatable bonds is 4. The van der Waals surface area contributed by atoms with Crippen molar-refractivity contribution in [1.29, 1.82) is 0 Å². The zero-order valence-corrected chi connectivity index (χ0v) is 15.4. The van der Waals surface area contributed by atoms with Crippen molar-refractivity contribution in [3.05, 3.63) is 100 Å². The highest BCUT2D eigenvalue weighted by Crippen LogP contribution is 2.40. The summed E-state index contributed by atoms with van der Waals surface area (Å²) < 4.78 is 28.0. The lowest BCUT2D eigenvalue weighted by Gasteiger charge is -2.21. The summed E-state index contributed by atoms with van der Waals surface area (Å²) >= 11 is 6.32. The van der Waals surface area contributed by atoms with Crippen LogP contribution in [0.4, 0.5) is 8.78 Å². The average molecular weight is 397 g/mol. The van der Waals surface area contributed by atoms with Crippen LogP contribution in [0.1, 0.15) is 22.7 Å². The molecule has 3 nitrogen and oxygen atoms in total. The summed E-state index contributed by atoms with van der Waals surface area (Å²) in [4.78, 5) is 8.32. The van der Waals surface area contributed by atoms with Gasteiger partial charge in [-0.3, -0.25) is 9.97 Å². The maximum atomic E-state index is 14.7. The summed E-state index contributed by atoms with van der Waals surface area (Å²) in [5.41, 5.74) is 1.70. The van der Waals surface area contributed by atoms with Crippen LogP contribution in [0, 0.1) is 11.6 Å². The molecule has 1 atom stereocenters. The molecule has 0 radical (unpaired) electrons. The molecule has 2 aromatic heterocycles. The second kappa shape index (κ2) is 7.52. The van der Waals surface area contributed by atoms with Gasteiger partial charge in [-0.15, -0.1) is 0 Å². The minimum absolute atomic E-state index is 0.0375. The topological polar surface area (TPSA) is 46.0 Å². The molecule has 4 rings (SSSR count). The fraction of sp³-hybridized carbons (Fsp3) is 0.0909. The number of phenols is 1. The van der Waals surface area contributed by atoms with Crippen molar-refractivity contribution >= 4 is 22.5 Å². The summed E-state index contributed by atoms with van der Waals surface area (Å²) in [5, 5.41) is 11.9. The Hall–Kier alpha value is -3.05. The molecule has 2 aromatic carbocycles. The van der Waals surface area contributed by atoms with Gasteiger partial charge in [-0.25, -0.2) is 8.78 Å². The van der Waals surface area contributed by atoms with Gasteiger partial charge in [-0.1, -0.05) is 35.9 Å². The summed E-state index contributed by atoms with van der Waals surface area (Å²) in [7, 11) is 0. The molecule has 0 aliphatic rings. The first-order valence-electron chi connectivity index (χ1n) is 8.65. The fourth-order valence-corrected chi connectivity index (χ4v) is 3.67. The van der Waals surface area contributed by atoms with Crippen LogP contribution >= 0.6 is 11.6 Å². The molecule has 0 amide bonds. The van der Waals surface area contributed by atoms with Crippen molar-refractivity contribution in [2.75, 3.05) is 0 Å². The van der Waals surface area contributed by atoms with Gasteiger partial charge in [0.05, 0.1) is 6.20 Å². The number of benzene rings is 2. The highest BCUT2D eigenvalue weighted by Gasteiger charge is 2.25. The van der Waals surface area contributed by atoms with Crippen LogP contribution < -0.4 is 0 Å². The third-order valence-electron chi connectivity index (χ3n) is 4.70. The van der Waals surface area contributed by atoms with Gasteiger partial charge in [0, 0.05) is 45.8 Å². The molecular weight excluding hydrogens is 382 g/mol. The fourth-order valence-electron chi connectivity index (χ4n) is 3.37. The van der Waals surface area contributed by atoms with E-state index in [1.165, 1.54) is 24.3 Å². The van der Waals surface area contributed by atoms with Crippen molar-refractivity contribution in [3.8, 4) is 5.75 Å². The quantitative estimate of drug-likeness (QED) is 0.485. The molecular formula is C22H15ClF2N2O. The minimum Gasteiger partial charge on any atom is -0.505 e. The predicted octanol–water partition coefficient (Wildman–Crippen LogP) is 5.64. The third kappa shape index (κ3) is 3.41. The number of aromatic hydroxyl groups is 1. The molecule has 28 heavy (non-hydrogen) atoms. The molecule has 0 aliphatic heterocycles. The number of halogens is 3. The van der Waals surface area contributed by atoms with Gasteiger partial charge >= 0.3 is 0 Å². The van der Waals surface area contributed by atoms with Gasteiger partial charge in [0.2, 0.25) is 0 Å². The molecule has 0 aliphatic carbocycles. The molecule has 0 saturated heterocycles. The van der Waals surface area contributed by atoms with E-state index < -0.39 is 17.6 Å². The van der Waals surface area contributed by atoms with E-state index in [0.717, 1.165) is 11.6 Å². The van der Waals surface area contributed by atoms with Gasteiger partial charge in [-0.05, 0) is 30.3 Å². The Labute approximate surface area is 165 Å². The first kappa shape index (κ1) is 18.3. The van der Waals surface area contributed by atoms with Crippen LogP contribution in [0.2, 0.25) is 5.02 Å². The maximum Gasteiger partial charge on any atom is 0.145 e. The van der Waals surface area contributed by atoms with E-state index >= 15 is 0 Å². The van der Waals surface area contributed by atoms with Gasteiger partial charge in [0.25, 0.3) is 0 Å². The minimum atomic E-state index is -0.627.